The predicted molar refractivity (Wildman–Crippen MR) is 71.5 cm³/mol. The molecular formula is C11H4Cl2N4O2. The lowest BCUT2D eigenvalue weighted by atomic mass is 10.1. The highest BCUT2D eigenvalue weighted by Gasteiger charge is 2.18. The first-order chi connectivity index (χ1) is 9.08. The maximum atomic E-state index is 11.1. The second-order valence-corrected chi connectivity index (χ2v) is 4.44. The van der Waals surface area contributed by atoms with E-state index in [1.807, 2.05) is 0 Å². The van der Waals surface area contributed by atoms with Gasteiger partial charge < -0.3 is 0 Å². The number of aromatic nitrogens is 3. The molecule has 0 saturated carbocycles. The van der Waals surface area contributed by atoms with Gasteiger partial charge in [-0.3, -0.25) is 10.1 Å². The Balaban J connectivity index is 2.57. The van der Waals surface area contributed by atoms with Crippen LogP contribution in [0.15, 0.2) is 24.4 Å². The second-order valence-electron chi connectivity index (χ2n) is 3.73. The molecule has 0 amide bonds. The summed E-state index contributed by atoms with van der Waals surface area (Å²) in [7, 11) is 0. The summed E-state index contributed by atoms with van der Waals surface area (Å²) in [5.74, 6) is 0. The Kier molecular flexibility index (Phi) is 2.69. The minimum absolute atomic E-state index is 0.00621. The Hall–Kier alpha value is -2.05. The van der Waals surface area contributed by atoms with Crippen LogP contribution in [-0.2, 0) is 0 Å². The molecule has 0 saturated heterocycles. The first-order valence-corrected chi connectivity index (χ1v) is 5.88. The fraction of sp³-hybridized carbons (Fsp3) is 0. The number of nitro groups is 1. The third kappa shape index (κ3) is 1.85. The van der Waals surface area contributed by atoms with E-state index in [-0.39, 0.29) is 21.5 Å². The minimum atomic E-state index is -0.515. The zero-order valence-corrected chi connectivity index (χ0v) is 10.7. The third-order valence-corrected chi connectivity index (χ3v) is 3.24. The molecule has 0 aliphatic rings. The van der Waals surface area contributed by atoms with Crippen LogP contribution in [-0.4, -0.2) is 19.9 Å². The van der Waals surface area contributed by atoms with Gasteiger partial charge in [-0.1, -0.05) is 23.2 Å². The van der Waals surface area contributed by atoms with E-state index in [0.29, 0.717) is 16.4 Å². The molecule has 1 aromatic carbocycles. The number of nitrogens with zero attached hydrogens (tertiary/aromatic N) is 4. The van der Waals surface area contributed by atoms with Crippen molar-refractivity contribution in [3.8, 4) is 0 Å². The van der Waals surface area contributed by atoms with Gasteiger partial charge in [-0.25, -0.2) is 15.0 Å². The zero-order valence-electron chi connectivity index (χ0n) is 9.17. The number of fused-ring (bicyclic) bond motifs is 3. The van der Waals surface area contributed by atoms with Crippen molar-refractivity contribution in [1.82, 2.24) is 15.0 Å². The largest absolute Gasteiger partial charge is 0.297 e. The van der Waals surface area contributed by atoms with Crippen LogP contribution >= 0.6 is 23.2 Å². The van der Waals surface area contributed by atoms with Crippen LogP contribution in [0.5, 0.6) is 0 Å². The lowest BCUT2D eigenvalue weighted by Gasteiger charge is -2.04. The SMILES string of the molecule is O=[N+]([O-])c1cc2nc(Cl)c(Cl)nc2c2cccnc12. The maximum absolute atomic E-state index is 11.1. The molecule has 0 aliphatic heterocycles. The second kappa shape index (κ2) is 4.25. The number of benzene rings is 1. The van der Waals surface area contributed by atoms with Crippen molar-refractivity contribution >= 4 is 50.8 Å². The number of non-ortho nitro benzene ring substituents is 1. The molecule has 0 aliphatic carbocycles. The molecule has 6 nitrogen and oxygen atoms in total. The van der Waals surface area contributed by atoms with Crippen molar-refractivity contribution in [1.29, 1.82) is 0 Å². The molecule has 8 heteroatoms. The number of hydrogen-bond acceptors (Lipinski definition) is 5. The van der Waals surface area contributed by atoms with Gasteiger partial charge in [-0.15, -0.1) is 0 Å². The number of hydrogen-bond donors (Lipinski definition) is 0. The van der Waals surface area contributed by atoms with Gasteiger partial charge in [0.25, 0.3) is 5.69 Å². The van der Waals surface area contributed by atoms with Crippen molar-refractivity contribution in [2.45, 2.75) is 0 Å². The van der Waals surface area contributed by atoms with Crippen LogP contribution in [0.25, 0.3) is 21.9 Å². The van der Waals surface area contributed by atoms with Crippen LogP contribution in [0.2, 0.25) is 10.3 Å². The van der Waals surface area contributed by atoms with Crippen molar-refractivity contribution in [2.75, 3.05) is 0 Å². The van der Waals surface area contributed by atoms with Crippen LogP contribution in [0, 0.1) is 10.1 Å². The summed E-state index contributed by atoms with van der Waals surface area (Å²) in [4.78, 5) is 22.7. The van der Waals surface area contributed by atoms with E-state index in [1.54, 1.807) is 12.1 Å². The van der Waals surface area contributed by atoms with E-state index in [1.165, 1.54) is 12.3 Å². The molecule has 2 aromatic heterocycles. The highest BCUT2D eigenvalue weighted by atomic mass is 35.5. The molecule has 3 aromatic rings. The van der Waals surface area contributed by atoms with Crippen molar-refractivity contribution < 1.29 is 4.92 Å². The molecule has 0 N–H and O–H groups in total. The molecule has 19 heavy (non-hydrogen) atoms. The molecule has 3 rings (SSSR count). The van der Waals surface area contributed by atoms with Gasteiger partial charge in [0.05, 0.1) is 10.4 Å². The van der Waals surface area contributed by atoms with Crippen molar-refractivity contribution in [2.24, 2.45) is 0 Å². The first-order valence-electron chi connectivity index (χ1n) is 5.13. The summed E-state index contributed by atoms with van der Waals surface area (Å²) in [6, 6.07) is 4.63. The van der Waals surface area contributed by atoms with Gasteiger partial charge >= 0.3 is 0 Å². The van der Waals surface area contributed by atoms with Gasteiger partial charge in [0, 0.05) is 17.6 Å². The standard InChI is InChI=1S/C11H4Cl2N4O2/c12-10-11(13)16-8-5-2-1-3-14-9(5)7(17(18)19)4-6(8)15-10/h1-4H. The Morgan fingerprint density at radius 2 is 1.89 bits per heavy atom. The van der Waals surface area contributed by atoms with E-state index in [9.17, 15) is 10.1 Å². The number of rotatable bonds is 1. The van der Waals surface area contributed by atoms with Gasteiger partial charge in [0.2, 0.25) is 0 Å². The van der Waals surface area contributed by atoms with E-state index < -0.39 is 4.92 Å². The summed E-state index contributed by atoms with van der Waals surface area (Å²) in [6.07, 6.45) is 1.48. The number of halogens is 2. The van der Waals surface area contributed by atoms with E-state index >= 15 is 0 Å². The average Bonchev–Trinajstić information content (AvgIpc) is 2.39. The fourth-order valence-corrected chi connectivity index (χ4v) is 2.10. The Morgan fingerprint density at radius 3 is 2.63 bits per heavy atom. The van der Waals surface area contributed by atoms with Crippen LogP contribution in [0.4, 0.5) is 5.69 Å². The smallest absolute Gasteiger partial charge is 0.258 e. The van der Waals surface area contributed by atoms with Crippen molar-refractivity contribution in [3.63, 3.8) is 0 Å². The monoisotopic (exact) mass is 294 g/mol. The minimum Gasteiger partial charge on any atom is -0.258 e. The zero-order chi connectivity index (χ0) is 13.6. The van der Waals surface area contributed by atoms with E-state index in [2.05, 4.69) is 15.0 Å². The summed E-state index contributed by atoms with van der Waals surface area (Å²) in [5, 5.41) is 11.6. The molecule has 0 bridgehead atoms. The molecule has 0 atom stereocenters. The Morgan fingerprint density at radius 1 is 1.16 bits per heavy atom. The predicted octanol–water partition coefficient (Wildman–Crippen LogP) is 3.39. The Bertz CT molecular complexity index is 838. The number of pyridine rings is 1. The van der Waals surface area contributed by atoms with Crippen LogP contribution < -0.4 is 0 Å². The van der Waals surface area contributed by atoms with E-state index in [0.717, 1.165) is 0 Å². The van der Waals surface area contributed by atoms with Gasteiger partial charge in [-0.05, 0) is 12.1 Å². The van der Waals surface area contributed by atoms with Gasteiger partial charge in [0.15, 0.2) is 15.8 Å². The molecule has 0 radical (unpaired) electrons. The summed E-state index contributed by atoms with van der Waals surface area (Å²) in [6.45, 7) is 0. The maximum Gasteiger partial charge on any atom is 0.297 e. The van der Waals surface area contributed by atoms with Crippen molar-refractivity contribution in [3.05, 3.63) is 44.8 Å². The lowest BCUT2D eigenvalue weighted by Crippen LogP contribution is -1.95. The average molecular weight is 295 g/mol. The van der Waals surface area contributed by atoms with E-state index in [4.69, 9.17) is 23.2 Å². The molecule has 0 fully saturated rings. The number of nitro benzene ring substituents is 1. The first kappa shape index (κ1) is 12.0. The highest BCUT2D eigenvalue weighted by molar-refractivity contribution is 6.40. The lowest BCUT2D eigenvalue weighted by molar-refractivity contribution is -0.383. The quantitative estimate of drug-likeness (QED) is 0.390. The molecule has 0 unspecified atom stereocenters. The van der Waals surface area contributed by atoms with Gasteiger partial charge in [-0.2, -0.15) is 0 Å². The molecular weight excluding hydrogens is 291 g/mol. The molecule has 2 heterocycles. The highest BCUT2D eigenvalue weighted by Crippen LogP contribution is 2.32. The summed E-state index contributed by atoms with van der Waals surface area (Å²) >= 11 is 11.6. The molecule has 94 valence electrons. The van der Waals surface area contributed by atoms with Crippen LogP contribution in [0.3, 0.4) is 0 Å². The summed E-state index contributed by atoms with van der Waals surface area (Å²) in [5.41, 5.74) is 0.841. The fourth-order valence-electron chi connectivity index (χ4n) is 1.84. The Labute approximate surface area is 116 Å². The van der Waals surface area contributed by atoms with Crippen LogP contribution in [0.1, 0.15) is 0 Å². The molecule has 0 spiro atoms. The van der Waals surface area contributed by atoms with Gasteiger partial charge in [0.1, 0.15) is 5.52 Å². The summed E-state index contributed by atoms with van der Waals surface area (Å²) < 4.78 is 0. The normalized spacial score (nSPS) is 11.1. The third-order valence-electron chi connectivity index (χ3n) is 2.62. The topological polar surface area (TPSA) is 81.8 Å².